The van der Waals surface area contributed by atoms with Crippen LogP contribution in [0.25, 0.3) is 28.6 Å². The largest absolute Gasteiger partial charge is 0.497 e. The summed E-state index contributed by atoms with van der Waals surface area (Å²) in [5.41, 5.74) is 4.34. The van der Waals surface area contributed by atoms with Gasteiger partial charge in [0.1, 0.15) is 11.6 Å². The van der Waals surface area contributed by atoms with Gasteiger partial charge >= 0.3 is 0 Å². The van der Waals surface area contributed by atoms with Crippen LogP contribution in [0.1, 0.15) is 5.82 Å². The third-order valence-corrected chi connectivity index (χ3v) is 3.87. The number of ether oxygens (including phenoxy) is 1. The predicted octanol–water partition coefficient (Wildman–Crippen LogP) is 3.65. The molecule has 0 saturated heterocycles. The molecule has 0 bridgehead atoms. The van der Waals surface area contributed by atoms with Crippen LogP contribution in [0.5, 0.6) is 5.75 Å². The fraction of sp³-hybridized carbons (Fsp3) is 0.111. The molecule has 4 nitrogen and oxygen atoms in total. The number of nitrogens with zero attached hydrogens (tertiary/aromatic N) is 3. The first-order valence-corrected chi connectivity index (χ1v) is 7.19. The first-order valence-electron chi connectivity index (χ1n) is 7.19. The zero-order chi connectivity index (χ0) is 14.9. The summed E-state index contributed by atoms with van der Waals surface area (Å²) in [5.74, 6) is 1.85. The molecule has 0 amide bonds. The Balaban J connectivity index is 1.90. The highest BCUT2D eigenvalue weighted by molar-refractivity contribution is 5.81. The molecule has 0 radical (unpaired) electrons. The van der Waals surface area contributed by atoms with Gasteiger partial charge in [-0.2, -0.15) is 0 Å². The number of allylic oxidation sites excluding steroid dienone is 1. The summed E-state index contributed by atoms with van der Waals surface area (Å²) in [7, 11) is 1.67. The van der Waals surface area contributed by atoms with Gasteiger partial charge in [0.2, 0.25) is 0 Å². The number of methoxy groups -OCH3 is 1. The van der Waals surface area contributed by atoms with Gasteiger partial charge in [0.15, 0.2) is 0 Å². The summed E-state index contributed by atoms with van der Waals surface area (Å²) >= 11 is 0. The predicted molar refractivity (Wildman–Crippen MR) is 86.5 cm³/mol. The molecule has 1 aromatic carbocycles. The summed E-state index contributed by atoms with van der Waals surface area (Å²) < 4.78 is 7.47. The highest BCUT2D eigenvalue weighted by Gasteiger charge is 2.20. The van der Waals surface area contributed by atoms with E-state index in [9.17, 15) is 0 Å². The molecule has 0 saturated carbocycles. The van der Waals surface area contributed by atoms with Crippen molar-refractivity contribution in [2.45, 2.75) is 6.54 Å². The van der Waals surface area contributed by atoms with Crippen LogP contribution >= 0.6 is 0 Å². The first-order chi connectivity index (χ1) is 10.9. The number of hydrogen-bond acceptors (Lipinski definition) is 3. The minimum absolute atomic E-state index is 0.848. The van der Waals surface area contributed by atoms with Gasteiger partial charge in [0.25, 0.3) is 0 Å². The number of pyridine rings is 1. The van der Waals surface area contributed by atoms with Crippen molar-refractivity contribution in [1.82, 2.24) is 14.5 Å². The number of hydrogen-bond donors (Lipinski definition) is 0. The van der Waals surface area contributed by atoms with E-state index in [2.05, 4.69) is 21.7 Å². The van der Waals surface area contributed by atoms with Crippen molar-refractivity contribution in [3.63, 3.8) is 0 Å². The van der Waals surface area contributed by atoms with E-state index in [1.807, 2.05) is 48.8 Å². The molecule has 2 aromatic heterocycles. The van der Waals surface area contributed by atoms with E-state index in [1.165, 1.54) is 0 Å². The van der Waals surface area contributed by atoms with Crippen LogP contribution in [-0.4, -0.2) is 21.6 Å². The summed E-state index contributed by atoms with van der Waals surface area (Å²) in [6.07, 6.45) is 7.83. The maximum absolute atomic E-state index is 5.24. The van der Waals surface area contributed by atoms with Crippen LogP contribution in [0.3, 0.4) is 0 Å². The highest BCUT2D eigenvalue weighted by atomic mass is 16.5. The normalized spacial score (nSPS) is 12.4. The lowest BCUT2D eigenvalue weighted by molar-refractivity contribution is 0.415. The number of fused-ring (bicyclic) bond motifs is 1. The van der Waals surface area contributed by atoms with E-state index in [0.29, 0.717) is 0 Å². The van der Waals surface area contributed by atoms with Crippen molar-refractivity contribution >= 4 is 6.08 Å². The van der Waals surface area contributed by atoms with Crippen LogP contribution in [0.15, 0.2) is 54.9 Å². The molecule has 0 spiro atoms. The van der Waals surface area contributed by atoms with Gasteiger partial charge in [-0.05, 0) is 42.5 Å². The Morgan fingerprint density at radius 1 is 1.00 bits per heavy atom. The van der Waals surface area contributed by atoms with Crippen LogP contribution in [-0.2, 0) is 6.54 Å². The quantitative estimate of drug-likeness (QED) is 0.739. The fourth-order valence-electron chi connectivity index (χ4n) is 2.80. The van der Waals surface area contributed by atoms with Gasteiger partial charge in [-0.15, -0.1) is 0 Å². The zero-order valence-corrected chi connectivity index (χ0v) is 12.2. The topological polar surface area (TPSA) is 39.9 Å². The van der Waals surface area contributed by atoms with E-state index in [0.717, 1.165) is 40.6 Å². The van der Waals surface area contributed by atoms with Crippen molar-refractivity contribution < 1.29 is 4.74 Å². The second-order valence-corrected chi connectivity index (χ2v) is 5.14. The van der Waals surface area contributed by atoms with E-state index < -0.39 is 0 Å². The van der Waals surface area contributed by atoms with Gasteiger partial charge in [0.05, 0.1) is 18.5 Å². The average Bonchev–Trinajstić information content (AvgIpc) is 3.16. The Morgan fingerprint density at radius 2 is 1.77 bits per heavy atom. The van der Waals surface area contributed by atoms with E-state index in [4.69, 9.17) is 9.72 Å². The van der Waals surface area contributed by atoms with Gasteiger partial charge in [-0.25, -0.2) is 4.98 Å². The van der Waals surface area contributed by atoms with Gasteiger partial charge in [-0.1, -0.05) is 6.08 Å². The number of aromatic nitrogens is 3. The number of rotatable bonds is 3. The second kappa shape index (κ2) is 5.15. The summed E-state index contributed by atoms with van der Waals surface area (Å²) in [5, 5.41) is 0. The van der Waals surface area contributed by atoms with Crippen LogP contribution in [0, 0.1) is 0 Å². The first kappa shape index (κ1) is 12.8. The average molecular weight is 289 g/mol. The molecule has 3 heterocycles. The third-order valence-electron chi connectivity index (χ3n) is 3.87. The lowest BCUT2D eigenvalue weighted by Gasteiger charge is -2.08. The van der Waals surface area contributed by atoms with Crippen LogP contribution in [0.2, 0.25) is 0 Å². The summed E-state index contributed by atoms with van der Waals surface area (Å²) in [6, 6.07) is 12.1. The Morgan fingerprint density at radius 3 is 2.50 bits per heavy atom. The Hall–Kier alpha value is -2.88. The molecule has 0 fully saturated rings. The monoisotopic (exact) mass is 289 g/mol. The Bertz CT molecular complexity index is 833. The van der Waals surface area contributed by atoms with Gasteiger partial charge in [-0.3, -0.25) is 4.98 Å². The second-order valence-electron chi connectivity index (χ2n) is 5.14. The summed E-state index contributed by atoms with van der Waals surface area (Å²) in [4.78, 5) is 8.92. The molecule has 3 aromatic rings. The third kappa shape index (κ3) is 2.00. The van der Waals surface area contributed by atoms with E-state index >= 15 is 0 Å². The molecular weight excluding hydrogens is 274 g/mol. The molecule has 0 N–H and O–H groups in total. The molecule has 0 unspecified atom stereocenters. The Labute approximate surface area is 128 Å². The molecule has 1 aliphatic rings. The lowest BCUT2D eigenvalue weighted by Crippen LogP contribution is -1.96. The molecule has 4 heteroatoms. The molecular formula is C18H15N3O. The standard InChI is InChI=1S/C18H15N3O/c1-22-15-6-4-13(5-7-15)17-18(14-8-10-19-11-9-14)21-12-2-3-16(21)20-17/h2-11H,12H2,1H3. The van der Waals surface area contributed by atoms with Crippen LogP contribution < -0.4 is 4.74 Å². The molecule has 1 aliphatic heterocycles. The van der Waals surface area contributed by atoms with E-state index in [1.54, 1.807) is 7.11 Å². The van der Waals surface area contributed by atoms with Crippen molar-refractivity contribution in [3.05, 3.63) is 60.7 Å². The molecule has 22 heavy (non-hydrogen) atoms. The van der Waals surface area contributed by atoms with E-state index in [-0.39, 0.29) is 0 Å². The maximum Gasteiger partial charge on any atom is 0.133 e. The lowest BCUT2D eigenvalue weighted by atomic mass is 10.1. The highest BCUT2D eigenvalue weighted by Crippen LogP contribution is 2.35. The summed E-state index contributed by atoms with van der Waals surface area (Å²) in [6.45, 7) is 0.857. The fourth-order valence-corrected chi connectivity index (χ4v) is 2.80. The molecule has 0 aliphatic carbocycles. The van der Waals surface area contributed by atoms with Gasteiger partial charge < -0.3 is 9.30 Å². The zero-order valence-electron chi connectivity index (χ0n) is 12.2. The smallest absolute Gasteiger partial charge is 0.133 e. The molecule has 0 atom stereocenters. The van der Waals surface area contributed by atoms with Gasteiger partial charge in [0, 0.05) is 30.1 Å². The minimum atomic E-state index is 0.848. The maximum atomic E-state index is 5.24. The van der Waals surface area contributed by atoms with Crippen molar-refractivity contribution in [2.75, 3.05) is 7.11 Å². The SMILES string of the molecule is COc1ccc(-c2nc3n(c2-c2ccncc2)CC=C3)cc1. The van der Waals surface area contributed by atoms with Crippen molar-refractivity contribution in [2.24, 2.45) is 0 Å². The Kier molecular flexibility index (Phi) is 3.00. The number of imidazole rings is 1. The van der Waals surface area contributed by atoms with Crippen molar-refractivity contribution in [3.8, 4) is 28.3 Å². The molecule has 108 valence electrons. The number of benzene rings is 1. The minimum Gasteiger partial charge on any atom is -0.497 e. The van der Waals surface area contributed by atoms with Crippen LogP contribution in [0.4, 0.5) is 0 Å². The molecule has 4 rings (SSSR count). The van der Waals surface area contributed by atoms with Crippen molar-refractivity contribution in [1.29, 1.82) is 0 Å².